The molecule has 1 aromatic heterocycles. The number of benzene rings is 1. The number of fused-ring (bicyclic) bond motifs is 5. The first-order valence-electron chi connectivity index (χ1n) is 8.78. The molecule has 4 heteroatoms. The summed E-state index contributed by atoms with van der Waals surface area (Å²) in [6, 6.07) is 10.6. The number of ether oxygens (including phenoxy) is 1. The zero-order chi connectivity index (χ0) is 15.2. The minimum atomic E-state index is 0.541. The van der Waals surface area contributed by atoms with Crippen molar-refractivity contribution < 1.29 is 4.74 Å². The van der Waals surface area contributed by atoms with E-state index in [0.717, 1.165) is 24.9 Å². The molecular formula is C19H23N3O. The van der Waals surface area contributed by atoms with Gasteiger partial charge in [-0.3, -0.25) is 4.90 Å². The SMILES string of the molecule is c1ccc(Cn2ccnc2CN2C[C@@H]3[C@H](C2)[C@H]2CC[C@@H]3O2)cc1. The Morgan fingerprint density at radius 1 is 1.00 bits per heavy atom. The molecule has 120 valence electrons. The van der Waals surface area contributed by atoms with Crippen LogP contribution in [-0.2, 0) is 17.8 Å². The predicted molar refractivity (Wildman–Crippen MR) is 87.9 cm³/mol. The molecule has 0 unspecified atom stereocenters. The Morgan fingerprint density at radius 2 is 1.74 bits per heavy atom. The fourth-order valence-corrected chi connectivity index (χ4v) is 4.79. The normalized spacial score (nSPS) is 32.5. The predicted octanol–water partition coefficient (Wildman–Crippen LogP) is 2.54. The van der Waals surface area contributed by atoms with Gasteiger partial charge in [0.2, 0.25) is 0 Å². The summed E-state index contributed by atoms with van der Waals surface area (Å²) in [4.78, 5) is 7.20. The van der Waals surface area contributed by atoms with Gasteiger partial charge in [-0.05, 0) is 18.4 Å². The van der Waals surface area contributed by atoms with Gasteiger partial charge in [0, 0.05) is 43.9 Å². The van der Waals surface area contributed by atoms with Crippen molar-refractivity contribution in [2.45, 2.75) is 38.1 Å². The first-order chi connectivity index (χ1) is 11.4. The van der Waals surface area contributed by atoms with Crippen molar-refractivity contribution in [2.75, 3.05) is 13.1 Å². The Balaban J connectivity index is 1.28. The molecular weight excluding hydrogens is 286 g/mol. The smallest absolute Gasteiger partial charge is 0.123 e. The summed E-state index contributed by atoms with van der Waals surface area (Å²) in [6.07, 6.45) is 7.68. The van der Waals surface area contributed by atoms with E-state index in [0.29, 0.717) is 12.2 Å². The largest absolute Gasteiger partial charge is 0.374 e. The van der Waals surface area contributed by atoms with Crippen LogP contribution in [0.25, 0.3) is 0 Å². The van der Waals surface area contributed by atoms with Gasteiger partial charge in [-0.15, -0.1) is 0 Å². The molecule has 4 nitrogen and oxygen atoms in total. The molecule has 0 spiro atoms. The van der Waals surface area contributed by atoms with Crippen LogP contribution in [0, 0.1) is 11.8 Å². The van der Waals surface area contributed by atoms with E-state index < -0.39 is 0 Å². The quantitative estimate of drug-likeness (QED) is 0.869. The Kier molecular flexibility index (Phi) is 3.27. The van der Waals surface area contributed by atoms with E-state index in [4.69, 9.17) is 4.74 Å². The van der Waals surface area contributed by atoms with Crippen LogP contribution >= 0.6 is 0 Å². The van der Waals surface area contributed by atoms with E-state index in [1.807, 2.05) is 6.20 Å². The van der Waals surface area contributed by atoms with E-state index in [9.17, 15) is 0 Å². The highest BCUT2D eigenvalue weighted by atomic mass is 16.5. The lowest BCUT2D eigenvalue weighted by molar-refractivity contribution is 0.0692. The van der Waals surface area contributed by atoms with Crippen LogP contribution in [-0.4, -0.2) is 39.7 Å². The molecule has 0 saturated carbocycles. The lowest BCUT2D eigenvalue weighted by atomic mass is 9.82. The average Bonchev–Trinajstić information content (AvgIpc) is 3.31. The molecule has 3 aliphatic heterocycles. The third-order valence-electron chi connectivity index (χ3n) is 5.89. The van der Waals surface area contributed by atoms with Crippen LogP contribution in [0.4, 0.5) is 0 Å². The molecule has 23 heavy (non-hydrogen) atoms. The molecule has 0 amide bonds. The van der Waals surface area contributed by atoms with Crippen LogP contribution in [0.15, 0.2) is 42.7 Å². The van der Waals surface area contributed by atoms with Gasteiger partial charge in [0.1, 0.15) is 5.82 Å². The number of likely N-dealkylation sites (tertiary alicyclic amines) is 1. The molecule has 5 rings (SSSR count). The van der Waals surface area contributed by atoms with E-state index in [1.165, 1.54) is 37.3 Å². The lowest BCUT2D eigenvalue weighted by Crippen LogP contribution is -2.26. The monoisotopic (exact) mass is 309 g/mol. The summed E-state index contributed by atoms with van der Waals surface area (Å²) >= 11 is 0. The van der Waals surface area contributed by atoms with E-state index >= 15 is 0 Å². The highest BCUT2D eigenvalue weighted by molar-refractivity contribution is 5.16. The molecule has 4 atom stereocenters. The molecule has 2 bridgehead atoms. The second-order valence-corrected chi connectivity index (χ2v) is 7.27. The molecule has 3 aliphatic rings. The fraction of sp³-hybridized carbons (Fsp3) is 0.526. The van der Waals surface area contributed by atoms with Crippen molar-refractivity contribution in [1.29, 1.82) is 0 Å². The third kappa shape index (κ3) is 2.41. The van der Waals surface area contributed by atoms with Crippen molar-refractivity contribution in [1.82, 2.24) is 14.5 Å². The lowest BCUT2D eigenvalue weighted by Gasteiger charge is -2.18. The second kappa shape index (κ2) is 5.46. The molecule has 0 aliphatic carbocycles. The van der Waals surface area contributed by atoms with Gasteiger partial charge in [0.25, 0.3) is 0 Å². The molecule has 1 aromatic carbocycles. The Bertz CT molecular complexity index is 665. The van der Waals surface area contributed by atoms with Crippen LogP contribution in [0.3, 0.4) is 0 Å². The summed E-state index contributed by atoms with van der Waals surface area (Å²) in [7, 11) is 0. The number of imidazole rings is 1. The summed E-state index contributed by atoms with van der Waals surface area (Å²) in [5, 5.41) is 0. The van der Waals surface area contributed by atoms with Crippen LogP contribution < -0.4 is 0 Å². The number of aromatic nitrogens is 2. The van der Waals surface area contributed by atoms with Gasteiger partial charge in [-0.2, -0.15) is 0 Å². The molecule has 3 fully saturated rings. The summed E-state index contributed by atoms with van der Waals surface area (Å²) in [5.41, 5.74) is 1.33. The van der Waals surface area contributed by atoms with Crippen molar-refractivity contribution >= 4 is 0 Å². The first kappa shape index (κ1) is 13.8. The zero-order valence-electron chi connectivity index (χ0n) is 13.3. The summed E-state index contributed by atoms with van der Waals surface area (Å²) in [5.74, 6) is 2.72. The van der Waals surface area contributed by atoms with Gasteiger partial charge in [-0.25, -0.2) is 4.98 Å². The Morgan fingerprint density at radius 3 is 2.48 bits per heavy atom. The van der Waals surface area contributed by atoms with Gasteiger partial charge in [0.15, 0.2) is 0 Å². The summed E-state index contributed by atoms with van der Waals surface area (Å²) in [6.45, 7) is 4.24. The maximum Gasteiger partial charge on any atom is 0.123 e. The minimum absolute atomic E-state index is 0.541. The first-order valence-corrected chi connectivity index (χ1v) is 8.78. The number of nitrogens with zero attached hydrogens (tertiary/aromatic N) is 3. The van der Waals surface area contributed by atoms with Gasteiger partial charge < -0.3 is 9.30 Å². The number of rotatable bonds is 4. The molecule has 4 heterocycles. The number of hydrogen-bond acceptors (Lipinski definition) is 3. The Labute approximate surface area is 137 Å². The molecule has 0 N–H and O–H groups in total. The average molecular weight is 309 g/mol. The standard InChI is InChI=1S/C19H23N3O/c1-2-4-14(5-3-1)10-22-9-8-20-19(22)13-21-11-15-16(12-21)18-7-6-17(15)23-18/h1-5,8-9,15-18H,6-7,10-13H2/t15-,16+,17+,18-. The Hall–Kier alpha value is -1.65. The van der Waals surface area contributed by atoms with Crippen molar-refractivity contribution in [3.63, 3.8) is 0 Å². The molecule has 0 radical (unpaired) electrons. The van der Waals surface area contributed by atoms with Crippen LogP contribution in [0.1, 0.15) is 24.2 Å². The minimum Gasteiger partial charge on any atom is -0.374 e. The summed E-state index contributed by atoms with van der Waals surface area (Å²) < 4.78 is 8.36. The van der Waals surface area contributed by atoms with Crippen LogP contribution in [0.5, 0.6) is 0 Å². The molecule has 2 aromatic rings. The van der Waals surface area contributed by atoms with Crippen LogP contribution in [0.2, 0.25) is 0 Å². The number of hydrogen-bond donors (Lipinski definition) is 0. The third-order valence-corrected chi connectivity index (χ3v) is 5.89. The van der Waals surface area contributed by atoms with E-state index in [-0.39, 0.29) is 0 Å². The van der Waals surface area contributed by atoms with Gasteiger partial charge in [0.05, 0.1) is 18.8 Å². The van der Waals surface area contributed by atoms with Gasteiger partial charge >= 0.3 is 0 Å². The van der Waals surface area contributed by atoms with Crippen molar-refractivity contribution in [3.8, 4) is 0 Å². The van der Waals surface area contributed by atoms with E-state index in [1.54, 1.807) is 0 Å². The fourth-order valence-electron chi connectivity index (χ4n) is 4.79. The molecule has 3 saturated heterocycles. The second-order valence-electron chi connectivity index (χ2n) is 7.27. The van der Waals surface area contributed by atoms with Gasteiger partial charge in [-0.1, -0.05) is 30.3 Å². The maximum absolute atomic E-state index is 6.08. The van der Waals surface area contributed by atoms with E-state index in [2.05, 4.69) is 51.0 Å². The highest BCUT2D eigenvalue weighted by Crippen LogP contribution is 2.47. The van der Waals surface area contributed by atoms with Crippen molar-refractivity contribution in [2.24, 2.45) is 11.8 Å². The van der Waals surface area contributed by atoms with Crippen molar-refractivity contribution in [3.05, 3.63) is 54.1 Å². The zero-order valence-corrected chi connectivity index (χ0v) is 13.3. The highest BCUT2D eigenvalue weighted by Gasteiger charge is 2.52. The maximum atomic E-state index is 6.08. The topological polar surface area (TPSA) is 30.3 Å².